The van der Waals surface area contributed by atoms with Crippen molar-refractivity contribution in [3.63, 3.8) is 0 Å². The van der Waals surface area contributed by atoms with Crippen LogP contribution in [0.5, 0.6) is 0 Å². The minimum absolute atomic E-state index is 0.00155. The van der Waals surface area contributed by atoms with Gasteiger partial charge in [0.15, 0.2) is 0 Å². The zero-order valence-electron chi connectivity index (χ0n) is 55.8. The number of carbonyl (C=O) groups is 8. The largest absolute Gasteiger partial charge is 0.460 e. The summed E-state index contributed by atoms with van der Waals surface area (Å²) in [6, 6.07) is 6.16. The number of rotatable bonds is 26. The number of unbranched alkanes of at least 4 members (excludes halogenated alkanes) is 2. The fourth-order valence-corrected chi connectivity index (χ4v) is 9.14. The maximum atomic E-state index is 14.0. The minimum Gasteiger partial charge on any atom is -0.460 e. The topological polar surface area (TPSA) is 235 Å². The van der Waals surface area contributed by atoms with Crippen molar-refractivity contribution in [2.45, 2.75) is 230 Å². The summed E-state index contributed by atoms with van der Waals surface area (Å²) in [6.07, 6.45) is 3.25. The number of hydrogen-bond acceptors (Lipinski definition) is 17. The molecule has 21 heteroatoms. The molecule has 486 valence electrons. The van der Waals surface area contributed by atoms with Gasteiger partial charge >= 0.3 is 35.9 Å². The van der Waals surface area contributed by atoms with Gasteiger partial charge in [-0.2, -0.15) is 0 Å². The van der Waals surface area contributed by atoms with E-state index in [1.54, 1.807) is 41.5 Å². The molecule has 0 radical (unpaired) electrons. The van der Waals surface area contributed by atoms with E-state index in [9.17, 15) is 38.4 Å². The standard InChI is InChI=1S/C64H112N8O13/c1-47-26-28-48(29-27-47)42-72(33-23-21-24-50(59(2,3)4)67-58(80)66-49(57(79)85-64(17,18)19)30-31-53(75)81-60(5,6)7)52(74)25-20-22-32-65-51(73)43-68-34-36-69(44-54(76)82-61(8,9)10)38-40-71(46-56(78)84-63(14,15)16)41-39-70(37-35-68)45-55(77)83-62(11,12)13/h26-29,49-50H,20-25,30-46H2,1-19H3,(H,65,73)(H2,66,67,80)/t49-,50+/m0/s1. The average Bonchev–Trinajstić information content (AvgIpc) is 3.35. The van der Waals surface area contributed by atoms with E-state index >= 15 is 0 Å². The lowest BCUT2D eigenvalue weighted by molar-refractivity contribution is -0.159. The normalized spacial score (nSPS) is 15.9. The van der Waals surface area contributed by atoms with Crippen LogP contribution in [-0.4, -0.2) is 204 Å². The predicted molar refractivity (Wildman–Crippen MR) is 330 cm³/mol. The van der Waals surface area contributed by atoms with Crippen molar-refractivity contribution in [3.8, 4) is 0 Å². The first-order valence-corrected chi connectivity index (χ1v) is 30.7. The van der Waals surface area contributed by atoms with Crippen molar-refractivity contribution < 1.29 is 62.0 Å². The third kappa shape index (κ3) is 37.0. The molecule has 4 amide bonds. The number of esters is 5. The molecule has 1 saturated heterocycles. The predicted octanol–water partition coefficient (Wildman–Crippen LogP) is 7.57. The maximum Gasteiger partial charge on any atom is 0.329 e. The quantitative estimate of drug-likeness (QED) is 0.0461. The zero-order valence-corrected chi connectivity index (χ0v) is 55.8. The van der Waals surface area contributed by atoms with E-state index in [2.05, 4.69) is 16.0 Å². The summed E-state index contributed by atoms with van der Waals surface area (Å²) >= 11 is 0. The molecule has 85 heavy (non-hydrogen) atoms. The van der Waals surface area contributed by atoms with E-state index in [0.717, 1.165) is 11.1 Å². The lowest BCUT2D eigenvalue weighted by atomic mass is 9.83. The van der Waals surface area contributed by atoms with Crippen molar-refractivity contribution in [2.75, 3.05) is 91.6 Å². The van der Waals surface area contributed by atoms with Gasteiger partial charge in [-0.1, -0.05) is 50.6 Å². The van der Waals surface area contributed by atoms with Crippen molar-refractivity contribution in [2.24, 2.45) is 5.41 Å². The van der Waals surface area contributed by atoms with E-state index in [1.807, 2.05) is 139 Å². The molecule has 0 spiro atoms. The number of aryl methyl sites for hydroxylation is 1. The van der Waals surface area contributed by atoms with Crippen molar-refractivity contribution in [1.82, 2.24) is 40.4 Å². The second-order valence-corrected chi connectivity index (χ2v) is 28.7. The van der Waals surface area contributed by atoms with Crippen molar-refractivity contribution >= 4 is 47.7 Å². The molecule has 1 fully saturated rings. The smallest absolute Gasteiger partial charge is 0.329 e. The summed E-state index contributed by atoms with van der Waals surface area (Å²) in [7, 11) is 0. The van der Waals surface area contributed by atoms with Gasteiger partial charge in [0.25, 0.3) is 0 Å². The Morgan fingerprint density at radius 1 is 0.482 bits per heavy atom. The van der Waals surface area contributed by atoms with Crippen LogP contribution in [0.2, 0.25) is 0 Å². The molecule has 0 aromatic heterocycles. The van der Waals surface area contributed by atoms with Crippen LogP contribution in [0, 0.1) is 12.3 Å². The Balaban J connectivity index is 2.16. The van der Waals surface area contributed by atoms with Gasteiger partial charge in [0.1, 0.15) is 34.0 Å². The van der Waals surface area contributed by atoms with Crippen LogP contribution in [-0.2, 0) is 63.8 Å². The molecular weight excluding hydrogens is 1090 g/mol. The van der Waals surface area contributed by atoms with E-state index in [4.69, 9.17) is 23.7 Å². The van der Waals surface area contributed by atoms with Crippen LogP contribution in [0.3, 0.4) is 0 Å². The Morgan fingerprint density at radius 3 is 1.31 bits per heavy atom. The van der Waals surface area contributed by atoms with E-state index in [-0.39, 0.29) is 86.6 Å². The third-order valence-electron chi connectivity index (χ3n) is 13.2. The number of ether oxygens (including phenoxy) is 5. The molecule has 0 unspecified atom stereocenters. The van der Waals surface area contributed by atoms with Gasteiger partial charge in [0, 0.05) is 90.9 Å². The highest BCUT2D eigenvalue weighted by Crippen LogP contribution is 2.25. The maximum absolute atomic E-state index is 14.0. The van der Waals surface area contributed by atoms with Crippen molar-refractivity contribution in [3.05, 3.63) is 35.4 Å². The van der Waals surface area contributed by atoms with E-state index < -0.39 is 52.0 Å². The Morgan fingerprint density at radius 2 is 0.894 bits per heavy atom. The van der Waals surface area contributed by atoms with E-state index in [0.29, 0.717) is 104 Å². The fraction of sp³-hybridized carbons (Fsp3) is 0.781. The second-order valence-electron chi connectivity index (χ2n) is 28.7. The van der Waals surface area contributed by atoms with Gasteiger partial charge in [-0.25, -0.2) is 9.59 Å². The van der Waals surface area contributed by atoms with Crippen LogP contribution in [0.25, 0.3) is 0 Å². The number of amides is 4. The molecule has 1 heterocycles. The first-order valence-electron chi connectivity index (χ1n) is 30.7. The summed E-state index contributed by atoms with van der Waals surface area (Å²) in [6.45, 7) is 39.7. The summed E-state index contributed by atoms with van der Waals surface area (Å²) in [5.41, 5.74) is -1.80. The van der Waals surface area contributed by atoms with Crippen LogP contribution >= 0.6 is 0 Å². The molecule has 1 aliphatic heterocycles. The lowest BCUT2D eigenvalue weighted by Crippen LogP contribution is -2.53. The van der Waals surface area contributed by atoms with Gasteiger partial charge in [-0.05, 0) is 160 Å². The molecule has 1 aliphatic rings. The SMILES string of the molecule is Cc1ccc(CN(CCCC[C@@H](NC(=O)N[C@@H](CCC(=O)OC(C)(C)C)C(=O)OC(C)(C)C)C(C)(C)C)C(=O)CCCCNC(=O)CN2CCN(CC(=O)OC(C)(C)C)CCN(CC(=O)OC(C)(C)C)CCN(CC(=O)OC(C)(C)C)CC2)cc1. The molecule has 0 bridgehead atoms. The van der Waals surface area contributed by atoms with E-state index in [1.165, 1.54) is 0 Å². The first kappa shape index (κ1) is 75.7. The fourth-order valence-electron chi connectivity index (χ4n) is 9.14. The molecule has 3 N–H and O–H groups in total. The first-order chi connectivity index (χ1) is 39.0. The second kappa shape index (κ2) is 34.8. The Kier molecular flexibility index (Phi) is 31.0. The van der Waals surface area contributed by atoms with Gasteiger partial charge in [0.05, 0.1) is 26.2 Å². The molecule has 1 aromatic carbocycles. The zero-order chi connectivity index (χ0) is 64.6. The monoisotopic (exact) mass is 1200 g/mol. The summed E-state index contributed by atoms with van der Waals surface area (Å²) < 4.78 is 28.1. The summed E-state index contributed by atoms with van der Waals surface area (Å²) in [5, 5.41) is 8.89. The molecule has 0 aliphatic carbocycles. The minimum atomic E-state index is -1.09. The highest BCUT2D eigenvalue weighted by Gasteiger charge is 2.32. The average molecular weight is 1200 g/mol. The Hall–Kier alpha value is -5.38. The van der Waals surface area contributed by atoms with Gasteiger partial charge in [-0.15, -0.1) is 0 Å². The molecule has 0 saturated carbocycles. The highest BCUT2D eigenvalue weighted by molar-refractivity contribution is 5.84. The van der Waals surface area contributed by atoms with Gasteiger partial charge in [0.2, 0.25) is 11.8 Å². The van der Waals surface area contributed by atoms with Crippen LogP contribution in [0.1, 0.15) is 187 Å². The Bertz CT molecular complexity index is 2220. The number of nitrogens with one attached hydrogen (secondary N) is 3. The number of benzene rings is 1. The number of hydrogen-bond donors (Lipinski definition) is 3. The molecule has 2 rings (SSSR count). The van der Waals surface area contributed by atoms with Crippen LogP contribution in [0.15, 0.2) is 24.3 Å². The van der Waals surface area contributed by atoms with Gasteiger partial charge in [-0.3, -0.25) is 48.4 Å². The van der Waals surface area contributed by atoms with Crippen LogP contribution in [0.4, 0.5) is 4.79 Å². The molecule has 2 atom stereocenters. The third-order valence-corrected chi connectivity index (χ3v) is 13.2. The summed E-state index contributed by atoms with van der Waals surface area (Å²) in [4.78, 5) is 116. The highest BCUT2D eigenvalue weighted by atomic mass is 16.6. The molecule has 21 nitrogen and oxygen atoms in total. The number of nitrogens with zero attached hydrogens (tertiary/aromatic N) is 5. The van der Waals surface area contributed by atoms with Crippen molar-refractivity contribution in [1.29, 1.82) is 0 Å². The summed E-state index contributed by atoms with van der Waals surface area (Å²) in [5.74, 6) is -2.47. The Labute approximate surface area is 510 Å². The van der Waals surface area contributed by atoms with Crippen LogP contribution < -0.4 is 16.0 Å². The number of carbonyl (C=O) groups excluding carboxylic acids is 8. The van der Waals surface area contributed by atoms with Gasteiger partial charge < -0.3 is 44.5 Å². The molecular formula is C64H112N8O13. The lowest BCUT2D eigenvalue weighted by Gasteiger charge is -2.34. The molecule has 1 aromatic rings. The number of urea groups is 1.